The van der Waals surface area contributed by atoms with Crippen molar-refractivity contribution in [3.63, 3.8) is 0 Å². The molecule has 0 aliphatic heterocycles. The van der Waals surface area contributed by atoms with Gasteiger partial charge in [-0.15, -0.1) is 6.58 Å². The highest BCUT2D eigenvalue weighted by atomic mass is 16.5. The molecule has 0 radical (unpaired) electrons. The summed E-state index contributed by atoms with van der Waals surface area (Å²) < 4.78 is 7.48. The van der Waals surface area contributed by atoms with Crippen molar-refractivity contribution in [1.29, 1.82) is 0 Å². The number of amides is 1. The first-order valence-corrected chi connectivity index (χ1v) is 8.38. The third-order valence-electron chi connectivity index (χ3n) is 4.35. The SMILES string of the molecule is C=CCN(Cc1cccn1Cc1cccc(OC)c1)C(=O)C1CC1. The molecule has 0 N–H and O–H groups in total. The molecule has 1 saturated carbocycles. The number of hydrogen-bond acceptors (Lipinski definition) is 2. The second-order valence-corrected chi connectivity index (χ2v) is 6.26. The number of carbonyl (C=O) groups is 1. The lowest BCUT2D eigenvalue weighted by Crippen LogP contribution is -2.32. The fraction of sp³-hybridized carbons (Fsp3) is 0.350. The molecule has 3 rings (SSSR count). The van der Waals surface area contributed by atoms with Crippen molar-refractivity contribution in [3.8, 4) is 5.75 Å². The van der Waals surface area contributed by atoms with E-state index >= 15 is 0 Å². The Labute approximate surface area is 143 Å². The summed E-state index contributed by atoms with van der Waals surface area (Å²) in [6.45, 7) is 5.77. The van der Waals surface area contributed by atoms with E-state index in [1.54, 1.807) is 13.2 Å². The standard InChI is InChI=1S/C20H24N2O2/c1-3-11-22(20(23)17-9-10-17)15-18-7-5-12-21(18)14-16-6-4-8-19(13-16)24-2/h3-8,12-13,17H,1,9-11,14-15H2,2H3. The highest BCUT2D eigenvalue weighted by Crippen LogP contribution is 2.31. The first-order chi connectivity index (χ1) is 11.7. The van der Waals surface area contributed by atoms with Gasteiger partial charge in [-0.1, -0.05) is 18.2 Å². The molecular formula is C20H24N2O2. The van der Waals surface area contributed by atoms with Gasteiger partial charge in [-0.05, 0) is 42.7 Å². The van der Waals surface area contributed by atoms with E-state index in [0.29, 0.717) is 13.1 Å². The maximum Gasteiger partial charge on any atom is 0.226 e. The number of ether oxygens (including phenoxy) is 1. The second kappa shape index (κ2) is 7.39. The van der Waals surface area contributed by atoms with Crippen LogP contribution in [0.4, 0.5) is 0 Å². The van der Waals surface area contributed by atoms with Crippen LogP contribution in [-0.4, -0.2) is 29.0 Å². The minimum atomic E-state index is 0.228. The van der Waals surface area contributed by atoms with E-state index in [4.69, 9.17) is 4.74 Å². The summed E-state index contributed by atoms with van der Waals surface area (Å²) >= 11 is 0. The van der Waals surface area contributed by atoms with Crippen molar-refractivity contribution in [2.75, 3.05) is 13.7 Å². The number of nitrogens with zero attached hydrogens (tertiary/aromatic N) is 2. The number of aromatic nitrogens is 1. The molecule has 4 heteroatoms. The predicted molar refractivity (Wildman–Crippen MR) is 94.9 cm³/mol. The van der Waals surface area contributed by atoms with Gasteiger partial charge in [0.15, 0.2) is 0 Å². The van der Waals surface area contributed by atoms with E-state index in [1.165, 1.54) is 5.56 Å². The summed E-state index contributed by atoms with van der Waals surface area (Å²) in [6, 6.07) is 12.2. The predicted octanol–water partition coefficient (Wildman–Crippen LogP) is 3.47. The van der Waals surface area contributed by atoms with Crippen LogP contribution in [0, 0.1) is 5.92 Å². The highest BCUT2D eigenvalue weighted by Gasteiger charge is 2.33. The zero-order valence-electron chi connectivity index (χ0n) is 14.1. The van der Waals surface area contributed by atoms with E-state index in [9.17, 15) is 4.79 Å². The van der Waals surface area contributed by atoms with Gasteiger partial charge in [0.1, 0.15) is 5.75 Å². The minimum absolute atomic E-state index is 0.228. The smallest absolute Gasteiger partial charge is 0.226 e. The van der Waals surface area contributed by atoms with Gasteiger partial charge in [0, 0.05) is 30.9 Å². The number of carbonyl (C=O) groups excluding carboxylic acids is 1. The van der Waals surface area contributed by atoms with Crippen molar-refractivity contribution >= 4 is 5.91 Å². The van der Waals surface area contributed by atoms with Gasteiger partial charge < -0.3 is 14.2 Å². The van der Waals surface area contributed by atoms with Crippen LogP contribution < -0.4 is 4.74 Å². The largest absolute Gasteiger partial charge is 0.497 e. The Kier molecular flexibility index (Phi) is 5.04. The van der Waals surface area contributed by atoms with Gasteiger partial charge in [-0.2, -0.15) is 0 Å². The molecule has 1 aromatic carbocycles. The summed E-state index contributed by atoms with van der Waals surface area (Å²) in [5.41, 5.74) is 2.31. The molecule has 1 aliphatic rings. The van der Waals surface area contributed by atoms with Gasteiger partial charge in [-0.25, -0.2) is 0 Å². The number of methoxy groups -OCH3 is 1. The van der Waals surface area contributed by atoms with Crippen LogP contribution in [0.1, 0.15) is 24.1 Å². The van der Waals surface area contributed by atoms with Crippen LogP contribution in [-0.2, 0) is 17.9 Å². The van der Waals surface area contributed by atoms with Gasteiger partial charge in [0.2, 0.25) is 5.91 Å². The van der Waals surface area contributed by atoms with Gasteiger partial charge in [0.25, 0.3) is 0 Å². The second-order valence-electron chi connectivity index (χ2n) is 6.26. The molecular weight excluding hydrogens is 300 g/mol. The lowest BCUT2D eigenvalue weighted by Gasteiger charge is -2.22. The third-order valence-corrected chi connectivity index (χ3v) is 4.35. The normalized spacial score (nSPS) is 13.5. The first kappa shape index (κ1) is 16.4. The molecule has 0 unspecified atom stereocenters. The van der Waals surface area contributed by atoms with E-state index in [0.717, 1.165) is 30.8 Å². The number of hydrogen-bond donors (Lipinski definition) is 0. The van der Waals surface area contributed by atoms with Gasteiger partial charge in [0.05, 0.1) is 13.7 Å². The maximum absolute atomic E-state index is 12.4. The van der Waals surface area contributed by atoms with E-state index in [-0.39, 0.29) is 11.8 Å². The molecule has 1 aliphatic carbocycles. The average molecular weight is 324 g/mol. The molecule has 0 bridgehead atoms. The molecule has 126 valence electrons. The third kappa shape index (κ3) is 3.88. The van der Waals surface area contributed by atoms with Crippen LogP contribution in [0.15, 0.2) is 55.3 Å². The molecule has 1 fully saturated rings. The lowest BCUT2D eigenvalue weighted by molar-refractivity contribution is -0.132. The van der Waals surface area contributed by atoms with E-state index in [2.05, 4.69) is 29.5 Å². The number of rotatable bonds is 8. The molecule has 4 nitrogen and oxygen atoms in total. The van der Waals surface area contributed by atoms with Crippen LogP contribution in [0.25, 0.3) is 0 Å². The Morgan fingerprint density at radius 2 is 2.21 bits per heavy atom. The fourth-order valence-electron chi connectivity index (χ4n) is 2.89. The Bertz CT molecular complexity index is 716. The van der Waals surface area contributed by atoms with Crippen molar-refractivity contribution in [2.24, 2.45) is 5.92 Å². The number of benzene rings is 1. The average Bonchev–Trinajstić information content (AvgIpc) is 3.36. The molecule has 0 saturated heterocycles. The van der Waals surface area contributed by atoms with Crippen LogP contribution in [0.3, 0.4) is 0 Å². The summed E-state index contributed by atoms with van der Waals surface area (Å²) in [6.07, 6.45) is 5.91. The Morgan fingerprint density at radius 1 is 1.38 bits per heavy atom. The molecule has 0 spiro atoms. The van der Waals surface area contributed by atoms with E-state index in [1.807, 2.05) is 29.2 Å². The highest BCUT2D eigenvalue weighted by molar-refractivity contribution is 5.81. The summed E-state index contributed by atoms with van der Waals surface area (Å²) in [5.74, 6) is 1.34. The van der Waals surface area contributed by atoms with Crippen molar-refractivity contribution in [1.82, 2.24) is 9.47 Å². The minimum Gasteiger partial charge on any atom is -0.497 e. The van der Waals surface area contributed by atoms with Crippen molar-refractivity contribution in [2.45, 2.75) is 25.9 Å². The fourth-order valence-corrected chi connectivity index (χ4v) is 2.89. The maximum atomic E-state index is 12.4. The Hall–Kier alpha value is -2.49. The molecule has 1 heterocycles. The van der Waals surface area contributed by atoms with Crippen LogP contribution in [0.5, 0.6) is 5.75 Å². The molecule has 1 amide bonds. The van der Waals surface area contributed by atoms with Gasteiger partial charge >= 0.3 is 0 Å². The van der Waals surface area contributed by atoms with Crippen molar-refractivity contribution in [3.05, 3.63) is 66.5 Å². The Morgan fingerprint density at radius 3 is 2.92 bits per heavy atom. The Balaban J connectivity index is 1.73. The molecule has 2 aromatic rings. The molecule has 24 heavy (non-hydrogen) atoms. The molecule has 0 atom stereocenters. The van der Waals surface area contributed by atoms with Gasteiger partial charge in [-0.3, -0.25) is 4.79 Å². The first-order valence-electron chi connectivity index (χ1n) is 8.38. The lowest BCUT2D eigenvalue weighted by atomic mass is 10.2. The summed E-state index contributed by atoms with van der Waals surface area (Å²) in [7, 11) is 1.68. The monoisotopic (exact) mass is 324 g/mol. The summed E-state index contributed by atoms with van der Waals surface area (Å²) in [5, 5.41) is 0. The quantitative estimate of drug-likeness (QED) is 0.697. The van der Waals surface area contributed by atoms with Crippen molar-refractivity contribution < 1.29 is 9.53 Å². The van der Waals surface area contributed by atoms with E-state index < -0.39 is 0 Å². The van der Waals surface area contributed by atoms with Crippen LogP contribution in [0.2, 0.25) is 0 Å². The summed E-state index contributed by atoms with van der Waals surface area (Å²) in [4.78, 5) is 14.3. The topological polar surface area (TPSA) is 34.5 Å². The van der Waals surface area contributed by atoms with Crippen LogP contribution >= 0.6 is 0 Å². The zero-order chi connectivity index (χ0) is 16.9. The molecule has 1 aromatic heterocycles. The zero-order valence-corrected chi connectivity index (χ0v) is 14.1.